The number of rotatable bonds is 4. The van der Waals surface area contributed by atoms with Crippen molar-refractivity contribution in [3.63, 3.8) is 0 Å². The molecular weight excluding hydrogens is 318 g/mol. The van der Waals surface area contributed by atoms with Crippen LogP contribution in [0.2, 0.25) is 0 Å². The molecule has 2 unspecified atom stereocenters. The van der Waals surface area contributed by atoms with Crippen molar-refractivity contribution >= 4 is 27.5 Å². The highest BCUT2D eigenvalue weighted by Crippen LogP contribution is 2.21. The second kappa shape index (κ2) is 7.20. The van der Waals surface area contributed by atoms with Crippen LogP contribution in [0.3, 0.4) is 0 Å². The van der Waals surface area contributed by atoms with Crippen LogP contribution in [0.25, 0.3) is 0 Å². The lowest BCUT2D eigenvalue weighted by atomic mass is 9.94. The van der Waals surface area contributed by atoms with Gasteiger partial charge in [0.15, 0.2) is 0 Å². The van der Waals surface area contributed by atoms with Crippen molar-refractivity contribution in [2.45, 2.75) is 19.4 Å². The summed E-state index contributed by atoms with van der Waals surface area (Å²) in [6.45, 7) is 4.77. The molecular formula is C15H22BrN3O. The Morgan fingerprint density at radius 1 is 1.45 bits per heavy atom. The third-order valence-electron chi connectivity index (χ3n) is 3.78. The fourth-order valence-corrected chi connectivity index (χ4v) is 3.02. The zero-order chi connectivity index (χ0) is 14.5. The Hall–Kier alpha value is -0.910. The van der Waals surface area contributed by atoms with E-state index in [-0.39, 0.29) is 5.91 Å². The third-order valence-corrected chi connectivity index (χ3v) is 4.47. The SMILES string of the molecule is CC1CN(C)CCC1NCC(=O)Nc1ccccc1Br. The number of carbonyl (C=O) groups is 1. The molecule has 1 heterocycles. The van der Waals surface area contributed by atoms with Crippen molar-refractivity contribution < 1.29 is 4.79 Å². The Bertz CT molecular complexity index is 466. The molecule has 110 valence electrons. The lowest BCUT2D eigenvalue weighted by molar-refractivity contribution is -0.115. The smallest absolute Gasteiger partial charge is 0.238 e. The number of para-hydroxylation sites is 1. The first-order valence-electron chi connectivity index (χ1n) is 7.02. The maximum Gasteiger partial charge on any atom is 0.238 e. The molecule has 0 aliphatic carbocycles. The molecule has 0 aromatic heterocycles. The van der Waals surface area contributed by atoms with Gasteiger partial charge in [0.05, 0.1) is 12.2 Å². The first kappa shape index (κ1) is 15.5. The van der Waals surface area contributed by atoms with Gasteiger partial charge in [-0.1, -0.05) is 19.1 Å². The van der Waals surface area contributed by atoms with Crippen molar-refractivity contribution in [2.24, 2.45) is 5.92 Å². The first-order chi connectivity index (χ1) is 9.56. The topological polar surface area (TPSA) is 44.4 Å². The maximum atomic E-state index is 12.0. The molecule has 1 amide bonds. The molecule has 1 aromatic rings. The molecule has 1 aliphatic heterocycles. The lowest BCUT2D eigenvalue weighted by Crippen LogP contribution is -2.48. The normalized spacial score (nSPS) is 23.6. The zero-order valence-corrected chi connectivity index (χ0v) is 13.6. The second-order valence-corrected chi connectivity index (χ2v) is 6.40. The Balaban J connectivity index is 1.79. The van der Waals surface area contributed by atoms with E-state index < -0.39 is 0 Å². The average molecular weight is 340 g/mol. The number of hydrogen-bond acceptors (Lipinski definition) is 3. The molecule has 0 radical (unpaired) electrons. The number of likely N-dealkylation sites (tertiary alicyclic amines) is 1. The van der Waals surface area contributed by atoms with Gasteiger partial charge in [0.2, 0.25) is 5.91 Å². The van der Waals surface area contributed by atoms with Crippen molar-refractivity contribution in [3.05, 3.63) is 28.7 Å². The Kier molecular flexibility index (Phi) is 5.57. The van der Waals surface area contributed by atoms with Gasteiger partial charge in [0, 0.05) is 17.1 Å². The molecule has 2 rings (SSSR count). The van der Waals surface area contributed by atoms with E-state index in [1.807, 2.05) is 24.3 Å². The Morgan fingerprint density at radius 3 is 2.90 bits per heavy atom. The summed E-state index contributed by atoms with van der Waals surface area (Å²) in [5.41, 5.74) is 0.815. The van der Waals surface area contributed by atoms with Gasteiger partial charge >= 0.3 is 0 Å². The Labute approximate surface area is 129 Å². The minimum atomic E-state index is 0.00280. The predicted octanol–water partition coefficient (Wildman–Crippen LogP) is 2.32. The van der Waals surface area contributed by atoms with Gasteiger partial charge in [-0.3, -0.25) is 4.79 Å². The number of hydrogen-bond donors (Lipinski definition) is 2. The summed E-state index contributed by atoms with van der Waals surface area (Å²) >= 11 is 3.43. The molecule has 1 aromatic carbocycles. The number of amides is 1. The van der Waals surface area contributed by atoms with E-state index >= 15 is 0 Å². The predicted molar refractivity (Wildman–Crippen MR) is 85.8 cm³/mol. The van der Waals surface area contributed by atoms with E-state index in [4.69, 9.17) is 0 Å². The summed E-state index contributed by atoms with van der Waals surface area (Å²) in [5.74, 6) is 0.577. The van der Waals surface area contributed by atoms with Crippen LogP contribution in [0.1, 0.15) is 13.3 Å². The molecule has 0 saturated carbocycles. The van der Waals surface area contributed by atoms with Crippen LogP contribution in [0.15, 0.2) is 28.7 Å². The minimum Gasteiger partial charge on any atom is -0.324 e. The molecule has 0 spiro atoms. The quantitative estimate of drug-likeness (QED) is 0.884. The van der Waals surface area contributed by atoms with E-state index in [9.17, 15) is 4.79 Å². The lowest BCUT2D eigenvalue weighted by Gasteiger charge is -2.35. The summed E-state index contributed by atoms with van der Waals surface area (Å²) in [5, 5.41) is 6.29. The van der Waals surface area contributed by atoms with Gasteiger partial charge in [0.25, 0.3) is 0 Å². The van der Waals surface area contributed by atoms with E-state index in [1.165, 1.54) is 0 Å². The van der Waals surface area contributed by atoms with E-state index in [2.05, 4.69) is 45.4 Å². The maximum absolute atomic E-state index is 12.0. The number of piperidine rings is 1. The number of halogens is 1. The molecule has 5 heteroatoms. The third kappa shape index (κ3) is 4.30. The van der Waals surface area contributed by atoms with Crippen LogP contribution >= 0.6 is 15.9 Å². The summed E-state index contributed by atoms with van der Waals surface area (Å²) in [6, 6.07) is 8.07. The van der Waals surface area contributed by atoms with Crippen LogP contribution < -0.4 is 10.6 Å². The summed E-state index contributed by atoms with van der Waals surface area (Å²) in [6.07, 6.45) is 1.10. The second-order valence-electron chi connectivity index (χ2n) is 5.54. The largest absolute Gasteiger partial charge is 0.324 e. The molecule has 4 nitrogen and oxygen atoms in total. The molecule has 20 heavy (non-hydrogen) atoms. The molecule has 1 aliphatic rings. The van der Waals surface area contributed by atoms with E-state index in [1.54, 1.807) is 0 Å². The monoisotopic (exact) mass is 339 g/mol. The van der Waals surface area contributed by atoms with Crippen LogP contribution in [0, 0.1) is 5.92 Å². The number of benzene rings is 1. The summed E-state index contributed by atoms with van der Waals surface area (Å²) < 4.78 is 0.904. The minimum absolute atomic E-state index is 0.00280. The van der Waals surface area contributed by atoms with Gasteiger partial charge in [-0.15, -0.1) is 0 Å². The summed E-state index contributed by atoms with van der Waals surface area (Å²) in [4.78, 5) is 14.3. The van der Waals surface area contributed by atoms with E-state index in [0.717, 1.165) is 29.7 Å². The van der Waals surface area contributed by atoms with Crippen LogP contribution in [-0.4, -0.2) is 43.5 Å². The molecule has 2 N–H and O–H groups in total. The summed E-state index contributed by atoms with van der Waals surface area (Å²) in [7, 11) is 2.15. The highest BCUT2D eigenvalue weighted by molar-refractivity contribution is 9.10. The highest BCUT2D eigenvalue weighted by Gasteiger charge is 2.24. The van der Waals surface area contributed by atoms with Crippen molar-refractivity contribution in [2.75, 3.05) is 32.0 Å². The number of anilines is 1. The molecule has 1 fully saturated rings. The molecule has 0 bridgehead atoms. The van der Waals surface area contributed by atoms with Crippen LogP contribution in [-0.2, 0) is 4.79 Å². The first-order valence-corrected chi connectivity index (χ1v) is 7.82. The number of nitrogens with zero attached hydrogens (tertiary/aromatic N) is 1. The van der Waals surface area contributed by atoms with E-state index in [0.29, 0.717) is 18.5 Å². The van der Waals surface area contributed by atoms with Gasteiger partial charge < -0.3 is 15.5 Å². The van der Waals surface area contributed by atoms with Crippen molar-refractivity contribution in [3.8, 4) is 0 Å². The molecule has 2 atom stereocenters. The van der Waals surface area contributed by atoms with Crippen molar-refractivity contribution in [1.29, 1.82) is 0 Å². The van der Waals surface area contributed by atoms with Crippen LogP contribution in [0.5, 0.6) is 0 Å². The zero-order valence-electron chi connectivity index (χ0n) is 12.0. The standard InChI is InChI=1S/C15H22BrN3O/c1-11-10-19(2)8-7-13(11)17-9-15(20)18-14-6-4-3-5-12(14)16/h3-6,11,13,17H,7-10H2,1-2H3,(H,18,20). The number of nitrogens with one attached hydrogen (secondary N) is 2. The molecule has 1 saturated heterocycles. The average Bonchev–Trinajstić information content (AvgIpc) is 2.40. The number of carbonyl (C=O) groups excluding carboxylic acids is 1. The van der Waals surface area contributed by atoms with Gasteiger partial charge in [-0.05, 0) is 54.0 Å². The Morgan fingerprint density at radius 2 is 2.20 bits per heavy atom. The fraction of sp³-hybridized carbons (Fsp3) is 0.533. The van der Waals surface area contributed by atoms with Gasteiger partial charge in [-0.2, -0.15) is 0 Å². The van der Waals surface area contributed by atoms with Crippen molar-refractivity contribution in [1.82, 2.24) is 10.2 Å². The van der Waals surface area contributed by atoms with Gasteiger partial charge in [-0.25, -0.2) is 0 Å². The van der Waals surface area contributed by atoms with Gasteiger partial charge in [0.1, 0.15) is 0 Å². The van der Waals surface area contributed by atoms with Crippen LogP contribution in [0.4, 0.5) is 5.69 Å². The fourth-order valence-electron chi connectivity index (χ4n) is 2.64. The highest BCUT2D eigenvalue weighted by atomic mass is 79.9.